The predicted octanol–water partition coefficient (Wildman–Crippen LogP) is 2.01. The molecule has 0 heterocycles. The molecule has 0 aromatic heterocycles. The number of nitrogens with two attached hydrogens (primary N) is 1. The highest BCUT2D eigenvalue weighted by Crippen LogP contribution is 2.27. The van der Waals surface area contributed by atoms with Gasteiger partial charge in [-0.2, -0.15) is 0 Å². The van der Waals surface area contributed by atoms with E-state index in [1.54, 1.807) is 0 Å². The zero-order chi connectivity index (χ0) is 13.7. The minimum atomic E-state index is 0.0867. The Labute approximate surface area is 115 Å². The first-order valence-electron chi connectivity index (χ1n) is 7.07. The fourth-order valence-electron chi connectivity index (χ4n) is 2.14. The number of anilines is 2. The first kappa shape index (κ1) is 13.7. The van der Waals surface area contributed by atoms with Crippen molar-refractivity contribution in [1.82, 2.24) is 5.32 Å². The Balaban J connectivity index is 1.94. The van der Waals surface area contributed by atoms with E-state index in [4.69, 9.17) is 5.73 Å². The maximum Gasteiger partial charge on any atom is 0.239 e. The fraction of sp³-hybridized carbons (Fsp3) is 0.533. The van der Waals surface area contributed by atoms with Gasteiger partial charge in [-0.05, 0) is 37.3 Å². The largest absolute Gasteiger partial charge is 0.397 e. The first-order valence-corrected chi connectivity index (χ1v) is 7.07. The second-order valence-corrected chi connectivity index (χ2v) is 5.23. The maximum absolute atomic E-state index is 12.0. The molecule has 3 N–H and O–H groups in total. The van der Waals surface area contributed by atoms with Crippen molar-refractivity contribution in [3.8, 4) is 0 Å². The van der Waals surface area contributed by atoms with E-state index < -0.39 is 0 Å². The number of carbonyl (C=O) groups excluding carboxylic acids is 1. The lowest BCUT2D eigenvalue weighted by molar-refractivity contribution is -0.119. The van der Waals surface area contributed by atoms with Gasteiger partial charge in [-0.25, -0.2) is 0 Å². The van der Waals surface area contributed by atoms with E-state index in [9.17, 15) is 4.79 Å². The lowest BCUT2D eigenvalue weighted by Gasteiger charge is -2.25. The molecular formula is C15H23N3O. The molecule has 0 radical (unpaired) electrons. The molecule has 1 aromatic carbocycles. The molecule has 1 amide bonds. The highest BCUT2D eigenvalue weighted by Gasteiger charge is 2.22. The summed E-state index contributed by atoms with van der Waals surface area (Å²) < 4.78 is 0. The molecule has 1 saturated carbocycles. The third-order valence-electron chi connectivity index (χ3n) is 3.39. The zero-order valence-corrected chi connectivity index (χ0v) is 11.6. The second-order valence-electron chi connectivity index (χ2n) is 5.23. The number of nitrogen functional groups attached to an aromatic ring is 1. The maximum atomic E-state index is 12.0. The molecule has 1 aromatic rings. The van der Waals surface area contributed by atoms with Crippen LogP contribution in [0.15, 0.2) is 24.3 Å². The smallest absolute Gasteiger partial charge is 0.239 e. The third kappa shape index (κ3) is 4.16. The number of benzene rings is 1. The number of carbonyl (C=O) groups is 1. The molecule has 0 saturated heterocycles. The predicted molar refractivity (Wildman–Crippen MR) is 79.1 cm³/mol. The van der Waals surface area contributed by atoms with Gasteiger partial charge in [0.05, 0.1) is 17.9 Å². The minimum Gasteiger partial charge on any atom is -0.397 e. The van der Waals surface area contributed by atoms with Crippen LogP contribution in [0.3, 0.4) is 0 Å². The lowest BCUT2D eigenvalue weighted by atomic mass is 10.2. The molecule has 0 spiro atoms. The van der Waals surface area contributed by atoms with Crippen LogP contribution < -0.4 is 16.0 Å². The van der Waals surface area contributed by atoms with Crippen LogP contribution in [0.25, 0.3) is 0 Å². The van der Waals surface area contributed by atoms with Gasteiger partial charge in [0.2, 0.25) is 5.91 Å². The molecule has 1 aliphatic carbocycles. The molecule has 0 atom stereocenters. The highest BCUT2D eigenvalue weighted by atomic mass is 16.2. The first-order chi connectivity index (χ1) is 9.20. The number of nitrogens with one attached hydrogen (secondary N) is 1. The Morgan fingerprint density at radius 1 is 1.42 bits per heavy atom. The van der Waals surface area contributed by atoms with Crippen LogP contribution in [0, 0.1) is 5.92 Å². The number of hydrogen-bond acceptors (Lipinski definition) is 3. The van der Waals surface area contributed by atoms with Crippen LogP contribution in [0.5, 0.6) is 0 Å². The van der Waals surface area contributed by atoms with E-state index in [2.05, 4.69) is 17.1 Å². The summed E-state index contributed by atoms with van der Waals surface area (Å²) in [6.07, 6.45) is 3.50. The summed E-state index contributed by atoms with van der Waals surface area (Å²) in [5, 5.41) is 3.00. The molecule has 0 bridgehead atoms. The van der Waals surface area contributed by atoms with E-state index in [1.807, 2.05) is 24.3 Å². The number of rotatable bonds is 7. The summed E-state index contributed by atoms with van der Waals surface area (Å²) in [6, 6.07) is 7.71. The monoisotopic (exact) mass is 261 g/mol. The number of nitrogens with zero attached hydrogens (tertiary/aromatic N) is 1. The van der Waals surface area contributed by atoms with E-state index >= 15 is 0 Å². The summed E-state index contributed by atoms with van der Waals surface area (Å²) in [5.41, 5.74) is 7.66. The molecule has 1 fully saturated rings. The third-order valence-corrected chi connectivity index (χ3v) is 3.39. The molecule has 104 valence electrons. The molecule has 4 nitrogen and oxygen atoms in total. The SMILES string of the molecule is CCCN(CC(=O)NCC1CC1)c1ccccc1N. The van der Waals surface area contributed by atoms with Crippen molar-refractivity contribution in [3.05, 3.63) is 24.3 Å². The lowest BCUT2D eigenvalue weighted by Crippen LogP contribution is -2.38. The highest BCUT2D eigenvalue weighted by molar-refractivity contribution is 5.83. The van der Waals surface area contributed by atoms with Gasteiger partial charge < -0.3 is 16.0 Å². The Kier molecular flexibility index (Phi) is 4.66. The molecule has 1 aliphatic rings. The Morgan fingerprint density at radius 2 is 2.16 bits per heavy atom. The summed E-state index contributed by atoms with van der Waals surface area (Å²) >= 11 is 0. The van der Waals surface area contributed by atoms with Crippen LogP contribution >= 0.6 is 0 Å². The number of para-hydroxylation sites is 2. The fourth-order valence-corrected chi connectivity index (χ4v) is 2.14. The van der Waals surface area contributed by atoms with Crippen LogP contribution in [0.4, 0.5) is 11.4 Å². The van der Waals surface area contributed by atoms with Gasteiger partial charge in [-0.1, -0.05) is 19.1 Å². The van der Waals surface area contributed by atoms with Crippen LogP contribution in [0.1, 0.15) is 26.2 Å². The average molecular weight is 261 g/mol. The topological polar surface area (TPSA) is 58.4 Å². The van der Waals surface area contributed by atoms with E-state index in [1.165, 1.54) is 12.8 Å². The van der Waals surface area contributed by atoms with Crippen molar-refractivity contribution >= 4 is 17.3 Å². The molecule has 2 rings (SSSR count). The van der Waals surface area contributed by atoms with Gasteiger partial charge in [0.15, 0.2) is 0 Å². The van der Waals surface area contributed by atoms with Gasteiger partial charge in [-0.15, -0.1) is 0 Å². The Morgan fingerprint density at radius 3 is 2.79 bits per heavy atom. The quantitative estimate of drug-likeness (QED) is 0.738. The Bertz CT molecular complexity index is 429. The van der Waals surface area contributed by atoms with Crippen molar-refractivity contribution in [1.29, 1.82) is 0 Å². The van der Waals surface area contributed by atoms with Crippen LogP contribution in [0.2, 0.25) is 0 Å². The molecular weight excluding hydrogens is 238 g/mol. The number of amides is 1. The molecule has 0 aliphatic heterocycles. The van der Waals surface area contributed by atoms with Gasteiger partial charge in [0, 0.05) is 13.1 Å². The summed E-state index contributed by atoms with van der Waals surface area (Å²) in [7, 11) is 0. The molecule has 19 heavy (non-hydrogen) atoms. The Hall–Kier alpha value is -1.71. The van der Waals surface area contributed by atoms with Gasteiger partial charge in [0.1, 0.15) is 0 Å². The number of hydrogen-bond donors (Lipinski definition) is 2. The van der Waals surface area contributed by atoms with Crippen molar-refractivity contribution in [3.63, 3.8) is 0 Å². The van der Waals surface area contributed by atoms with Crippen molar-refractivity contribution in [2.45, 2.75) is 26.2 Å². The molecule has 4 heteroatoms. The molecule has 0 unspecified atom stereocenters. The summed E-state index contributed by atoms with van der Waals surface area (Å²) in [6.45, 7) is 4.15. The van der Waals surface area contributed by atoms with E-state index in [0.717, 1.165) is 30.9 Å². The van der Waals surface area contributed by atoms with Gasteiger partial charge >= 0.3 is 0 Å². The summed E-state index contributed by atoms with van der Waals surface area (Å²) in [5.74, 6) is 0.800. The normalized spacial score (nSPS) is 14.2. The van der Waals surface area contributed by atoms with Crippen molar-refractivity contribution < 1.29 is 4.79 Å². The van der Waals surface area contributed by atoms with E-state index in [0.29, 0.717) is 12.5 Å². The van der Waals surface area contributed by atoms with E-state index in [-0.39, 0.29) is 5.91 Å². The van der Waals surface area contributed by atoms with Crippen molar-refractivity contribution in [2.75, 3.05) is 30.3 Å². The summed E-state index contributed by atoms with van der Waals surface area (Å²) in [4.78, 5) is 14.0. The van der Waals surface area contributed by atoms with Gasteiger partial charge in [0.25, 0.3) is 0 Å². The zero-order valence-electron chi connectivity index (χ0n) is 11.6. The second kappa shape index (κ2) is 6.45. The average Bonchev–Trinajstić information content (AvgIpc) is 3.20. The minimum absolute atomic E-state index is 0.0867. The standard InChI is InChI=1S/C15H23N3O/c1-2-9-18(14-6-4-3-5-13(14)16)11-15(19)17-10-12-7-8-12/h3-6,12H,2,7-11,16H2,1H3,(H,17,19). The van der Waals surface area contributed by atoms with Crippen LogP contribution in [-0.2, 0) is 4.79 Å². The van der Waals surface area contributed by atoms with Gasteiger partial charge in [-0.3, -0.25) is 4.79 Å². The van der Waals surface area contributed by atoms with Crippen LogP contribution in [-0.4, -0.2) is 25.5 Å². The van der Waals surface area contributed by atoms with Crippen molar-refractivity contribution in [2.24, 2.45) is 5.92 Å².